The van der Waals surface area contributed by atoms with E-state index in [1.54, 1.807) is 0 Å². The van der Waals surface area contributed by atoms with Gasteiger partial charge >= 0.3 is 0 Å². The average Bonchev–Trinajstić information content (AvgIpc) is 2.52. The normalized spacial score (nSPS) is 23.7. The Kier molecular flexibility index (Phi) is 3.62. The van der Waals surface area contributed by atoms with Gasteiger partial charge in [-0.05, 0) is 29.4 Å². The molecule has 1 atom stereocenters. The van der Waals surface area contributed by atoms with E-state index in [-0.39, 0.29) is 16.9 Å². The van der Waals surface area contributed by atoms with Crippen molar-refractivity contribution in [3.8, 4) is 0 Å². The molecule has 0 radical (unpaired) electrons. The zero-order chi connectivity index (χ0) is 14.9. The minimum absolute atomic E-state index is 0.0652. The van der Waals surface area contributed by atoms with Crippen LogP contribution in [-0.2, 0) is 5.41 Å². The number of rotatable bonds is 2. The van der Waals surface area contributed by atoms with Gasteiger partial charge in [-0.1, -0.05) is 80.9 Å². The molecule has 1 fully saturated rings. The molecule has 0 spiro atoms. The van der Waals surface area contributed by atoms with E-state index in [1.807, 2.05) is 0 Å². The standard InChI is InChI=1S/C20H25N/c1-19(2)14-9-15-20(18(19)21,16-10-5-3-6-11-16)17-12-7-4-8-13-17/h3-8,10-13,18H,9,14-15,21H2,1-2H3. The van der Waals surface area contributed by atoms with Crippen LogP contribution in [-0.4, -0.2) is 6.04 Å². The van der Waals surface area contributed by atoms with Gasteiger partial charge in [0, 0.05) is 11.5 Å². The lowest BCUT2D eigenvalue weighted by atomic mass is 9.55. The Balaban J connectivity index is 2.21. The largest absolute Gasteiger partial charge is 0.326 e. The first-order chi connectivity index (χ1) is 10.1. The lowest BCUT2D eigenvalue weighted by Gasteiger charge is -2.51. The molecule has 0 bridgehead atoms. The second kappa shape index (κ2) is 5.31. The predicted octanol–water partition coefficient (Wildman–Crippen LogP) is 4.51. The van der Waals surface area contributed by atoms with Gasteiger partial charge in [0.1, 0.15) is 0 Å². The topological polar surface area (TPSA) is 26.0 Å². The molecule has 1 unspecified atom stereocenters. The maximum atomic E-state index is 6.86. The highest BCUT2D eigenvalue weighted by atomic mass is 14.8. The van der Waals surface area contributed by atoms with Crippen LogP contribution >= 0.6 is 0 Å². The molecular formula is C20H25N. The molecule has 1 aliphatic rings. The van der Waals surface area contributed by atoms with E-state index < -0.39 is 0 Å². The highest BCUT2D eigenvalue weighted by Gasteiger charge is 2.49. The second-order valence-electron chi connectivity index (χ2n) is 7.02. The monoisotopic (exact) mass is 279 g/mol. The van der Waals surface area contributed by atoms with Gasteiger partial charge in [0.2, 0.25) is 0 Å². The van der Waals surface area contributed by atoms with Gasteiger partial charge < -0.3 is 5.73 Å². The molecule has 2 aromatic rings. The van der Waals surface area contributed by atoms with E-state index in [4.69, 9.17) is 5.73 Å². The lowest BCUT2D eigenvalue weighted by molar-refractivity contribution is 0.132. The highest BCUT2D eigenvalue weighted by molar-refractivity contribution is 5.43. The zero-order valence-electron chi connectivity index (χ0n) is 13.0. The van der Waals surface area contributed by atoms with Crippen molar-refractivity contribution in [3.63, 3.8) is 0 Å². The van der Waals surface area contributed by atoms with Crippen molar-refractivity contribution in [1.82, 2.24) is 0 Å². The smallest absolute Gasteiger partial charge is 0.0358 e. The fourth-order valence-electron chi connectivity index (χ4n) is 4.09. The summed E-state index contributed by atoms with van der Waals surface area (Å²) in [7, 11) is 0. The Bertz CT molecular complexity index is 546. The molecular weight excluding hydrogens is 254 g/mol. The Hall–Kier alpha value is -1.60. The summed E-state index contributed by atoms with van der Waals surface area (Å²) in [6, 6.07) is 21.8. The highest BCUT2D eigenvalue weighted by Crippen LogP contribution is 2.50. The summed E-state index contributed by atoms with van der Waals surface area (Å²) in [5.74, 6) is 0. The van der Waals surface area contributed by atoms with Crippen molar-refractivity contribution in [1.29, 1.82) is 0 Å². The molecule has 1 aliphatic carbocycles. The van der Waals surface area contributed by atoms with Crippen molar-refractivity contribution in [2.75, 3.05) is 0 Å². The summed E-state index contributed by atoms with van der Waals surface area (Å²) >= 11 is 0. The molecule has 0 aromatic heterocycles. The Labute approximate surface area is 128 Å². The minimum atomic E-state index is -0.0652. The maximum Gasteiger partial charge on any atom is 0.0358 e. The first-order valence-corrected chi connectivity index (χ1v) is 7.94. The average molecular weight is 279 g/mol. The fourth-order valence-corrected chi connectivity index (χ4v) is 4.09. The quantitative estimate of drug-likeness (QED) is 0.860. The molecule has 1 nitrogen and oxygen atoms in total. The van der Waals surface area contributed by atoms with Crippen LogP contribution in [0.2, 0.25) is 0 Å². The second-order valence-corrected chi connectivity index (χ2v) is 7.02. The molecule has 1 saturated carbocycles. The maximum absolute atomic E-state index is 6.86. The number of hydrogen-bond acceptors (Lipinski definition) is 1. The van der Waals surface area contributed by atoms with Crippen LogP contribution in [0.25, 0.3) is 0 Å². The van der Waals surface area contributed by atoms with Crippen molar-refractivity contribution in [2.45, 2.75) is 44.6 Å². The molecule has 0 amide bonds. The summed E-state index contributed by atoms with van der Waals surface area (Å²) in [6.07, 6.45) is 3.56. The van der Waals surface area contributed by atoms with E-state index in [0.717, 1.165) is 6.42 Å². The molecule has 2 N–H and O–H groups in total. The first-order valence-electron chi connectivity index (χ1n) is 7.94. The van der Waals surface area contributed by atoms with Crippen LogP contribution in [0.1, 0.15) is 44.2 Å². The SMILES string of the molecule is CC1(C)CCCC(c2ccccc2)(c2ccccc2)C1N. The first kappa shape index (κ1) is 14.3. The Morgan fingerprint density at radius 1 is 0.810 bits per heavy atom. The zero-order valence-corrected chi connectivity index (χ0v) is 13.0. The summed E-state index contributed by atoms with van der Waals surface area (Å²) in [6.45, 7) is 4.63. The van der Waals surface area contributed by atoms with E-state index in [1.165, 1.54) is 24.0 Å². The van der Waals surface area contributed by atoms with E-state index in [0.29, 0.717) is 0 Å². The third kappa shape index (κ3) is 2.30. The van der Waals surface area contributed by atoms with Crippen LogP contribution in [0.3, 0.4) is 0 Å². The molecule has 21 heavy (non-hydrogen) atoms. The Morgan fingerprint density at radius 3 is 1.76 bits per heavy atom. The van der Waals surface area contributed by atoms with Gasteiger partial charge in [0.05, 0.1) is 0 Å². The molecule has 110 valence electrons. The Morgan fingerprint density at radius 2 is 1.29 bits per heavy atom. The third-order valence-corrected chi connectivity index (χ3v) is 5.34. The molecule has 2 aromatic carbocycles. The summed E-state index contributed by atoms with van der Waals surface area (Å²) < 4.78 is 0. The van der Waals surface area contributed by atoms with Gasteiger partial charge in [-0.15, -0.1) is 0 Å². The fraction of sp³-hybridized carbons (Fsp3) is 0.400. The van der Waals surface area contributed by atoms with Crippen molar-refractivity contribution in [3.05, 3.63) is 71.8 Å². The summed E-state index contributed by atoms with van der Waals surface area (Å²) in [5.41, 5.74) is 9.66. The number of hydrogen-bond donors (Lipinski definition) is 1. The van der Waals surface area contributed by atoms with E-state index in [2.05, 4.69) is 74.5 Å². The van der Waals surface area contributed by atoms with E-state index in [9.17, 15) is 0 Å². The molecule has 0 saturated heterocycles. The van der Waals surface area contributed by atoms with Gasteiger partial charge in [-0.3, -0.25) is 0 Å². The summed E-state index contributed by atoms with van der Waals surface area (Å²) in [5, 5.41) is 0. The molecule has 3 rings (SSSR count). The number of benzene rings is 2. The molecule has 1 heteroatoms. The predicted molar refractivity (Wildman–Crippen MR) is 89.3 cm³/mol. The van der Waals surface area contributed by atoms with Gasteiger partial charge in [0.15, 0.2) is 0 Å². The van der Waals surface area contributed by atoms with Gasteiger partial charge in [-0.25, -0.2) is 0 Å². The third-order valence-electron chi connectivity index (χ3n) is 5.34. The van der Waals surface area contributed by atoms with Crippen molar-refractivity contribution < 1.29 is 0 Å². The molecule has 0 aliphatic heterocycles. The van der Waals surface area contributed by atoms with Gasteiger partial charge in [0.25, 0.3) is 0 Å². The number of nitrogens with two attached hydrogens (primary N) is 1. The lowest BCUT2D eigenvalue weighted by Crippen LogP contribution is -2.57. The minimum Gasteiger partial charge on any atom is -0.326 e. The van der Waals surface area contributed by atoms with Crippen LogP contribution in [0.5, 0.6) is 0 Å². The van der Waals surface area contributed by atoms with E-state index >= 15 is 0 Å². The van der Waals surface area contributed by atoms with Gasteiger partial charge in [-0.2, -0.15) is 0 Å². The van der Waals surface area contributed by atoms with Crippen molar-refractivity contribution >= 4 is 0 Å². The summed E-state index contributed by atoms with van der Waals surface area (Å²) in [4.78, 5) is 0. The van der Waals surface area contributed by atoms with Crippen LogP contribution in [0.4, 0.5) is 0 Å². The van der Waals surface area contributed by atoms with Crippen LogP contribution < -0.4 is 5.73 Å². The molecule has 0 heterocycles. The van der Waals surface area contributed by atoms with Crippen LogP contribution in [0, 0.1) is 5.41 Å². The van der Waals surface area contributed by atoms with Crippen molar-refractivity contribution in [2.24, 2.45) is 11.1 Å². The van der Waals surface area contributed by atoms with Crippen LogP contribution in [0.15, 0.2) is 60.7 Å².